The quantitative estimate of drug-likeness (QED) is 0.761. The Labute approximate surface area is 167 Å². The number of benzene rings is 1. The number of ether oxygens (including phenoxy) is 1. The summed E-state index contributed by atoms with van der Waals surface area (Å²) in [4.78, 5) is 32.4. The van der Waals surface area contributed by atoms with Crippen molar-refractivity contribution in [2.75, 3.05) is 23.5 Å². The Morgan fingerprint density at radius 3 is 2.71 bits per heavy atom. The summed E-state index contributed by atoms with van der Waals surface area (Å²) >= 11 is 5.82. The van der Waals surface area contributed by atoms with Crippen molar-refractivity contribution in [1.82, 2.24) is 4.98 Å². The highest BCUT2D eigenvalue weighted by atomic mass is 35.5. The molecule has 2 aromatic rings. The highest BCUT2D eigenvalue weighted by molar-refractivity contribution is 6.31. The molecule has 148 valence electrons. The highest BCUT2D eigenvalue weighted by Crippen LogP contribution is 2.28. The van der Waals surface area contributed by atoms with Crippen LogP contribution in [0.4, 0.5) is 20.7 Å². The van der Waals surface area contributed by atoms with E-state index < -0.39 is 18.0 Å². The summed E-state index contributed by atoms with van der Waals surface area (Å²) in [5.41, 5.74) is 2.16. The second-order valence-corrected chi connectivity index (χ2v) is 7.42. The van der Waals surface area contributed by atoms with Crippen LogP contribution in [0.1, 0.15) is 31.0 Å². The number of cyclic esters (lactones) is 1. The molecule has 0 radical (unpaired) electrons. The SMILES string of the molecule is Cc1cc(C(C)C)cc(N2C(=O)OC[C@H]2C(=O)N(C)c2ccc(F)c(Cl)c2)n1. The Hall–Kier alpha value is -2.67. The van der Waals surface area contributed by atoms with Crippen LogP contribution in [-0.4, -0.2) is 36.7 Å². The van der Waals surface area contributed by atoms with Crippen LogP contribution in [0, 0.1) is 12.7 Å². The van der Waals surface area contributed by atoms with E-state index in [9.17, 15) is 14.0 Å². The summed E-state index contributed by atoms with van der Waals surface area (Å²) in [5.74, 6) is -0.354. The number of pyridine rings is 1. The summed E-state index contributed by atoms with van der Waals surface area (Å²) in [6, 6.07) is 6.85. The van der Waals surface area contributed by atoms with Crippen molar-refractivity contribution in [3.05, 3.63) is 52.4 Å². The average Bonchev–Trinajstić information content (AvgIpc) is 3.03. The molecular formula is C20H21ClFN3O3. The van der Waals surface area contributed by atoms with Crippen molar-refractivity contribution in [2.24, 2.45) is 0 Å². The van der Waals surface area contributed by atoms with Crippen LogP contribution in [0.2, 0.25) is 5.02 Å². The third-order valence-electron chi connectivity index (χ3n) is 4.65. The van der Waals surface area contributed by atoms with Crippen LogP contribution in [0.3, 0.4) is 0 Å². The molecule has 0 N–H and O–H groups in total. The maximum atomic E-state index is 13.4. The third kappa shape index (κ3) is 3.80. The maximum absolute atomic E-state index is 13.4. The van der Waals surface area contributed by atoms with Gasteiger partial charge in [0, 0.05) is 18.4 Å². The number of hydrogen-bond donors (Lipinski definition) is 0. The number of aromatic nitrogens is 1. The van der Waals surface area contributed by atoms with Gasteiger partial charge in [0.1, 0.15) is 18.2 Å². The molecule has 2 heterocycles. The minimum atomic E-state index is -0.879. The van der Waals surface area contributed by atoms with Gasteiger partial charge in [-0.25, -0.2) is 19.1 Å². The van der Waals surface area contributed by atoms with Crippen LogP contribution < -0.4 is 9.80 Å². The fourth-order valence-corrected chi connectivity index (χ4v) is 3.21. The van der Waals surface area contributed by atoms with E-state index in [0.717, 1.165) is 11.3 Å². The monoisotopic (exact) mass is 405 g/mol. The standard InChI is InChI=1S/C20H21ClFN3O3/c1-11(2)13-7-12(3)23-18(8-13)25-17(10-28-20(25)27)19(26)24(4)14-5-6-16(22)15(21)9-14/h5-9,11,17H,10H2,1-4H3/t17-/m0/s1. The number of carbonyl (C=O) groups excluding carboxylic acids is 2. The maximum Gasteiger partial charge on any atom is 0.416 e. The lowest BCUT2D eigenvalue weighted by Crippen LogP contribution is -2.47. The number of anilines is 2. The molecule has 8 heteroatoms. The molecule has 1 fully saturated rings. The molecular weight excluding hydrogens is 385 g/mol. The zero-order valence-electron chi connectivity index (χ0n) is 16.1. The normalized spacial score (nSPS) is 16.5. The van der Waals surface area contributed by atoms with Gasteiger partial charge in [0.05, 0.1) is 5.02 Å². The Morgan fingerprint density at radius 1 is 1.36 bits per heavy atom. The predicted molar refractivity (Wildman–Crippen MR) is 105 cm³/mol. The zero-order valence-corrected chi connectivity index (χ0v) is 16.8. The molecule has 1 aromatic heterocycles. The summed E-state index contributed by atoms with van der Waals surface area (Å²) < 4.78 is 18.6. The molecule has 1 atom stereocenters. The Kier molecular flexibility index (Phi) is 5.56. The van der Waals surface area contributed by atoms with E-state index >= 15 is 0 Å². The molecule has 28 heavy (non-hydrogen) atoms. The van der Waals surface area contributed by atoms with Gasteiger partial charge < -0.3 is 9.64 Å². The van der Waals surface area contributed by atoms with Gasteiger partial charge in [0.2, 0.25) is 0 Å². The Bertz CT molecular complexity index is 935. The van der Waals surface area contributed by atoms with E-state index in [1.807, 2.05) is 26.8 Å². The summed E-state index contributed by atoms with van der Waals surface area (Å²) in [6.07, 6.45) is -0.628. The first-order chi connectivity index (χ1) is 13.2. The van der Waals surface area contributed by atoms with Crippen LogP contribution >= 0.6 is 11.6 Å². The van der Waals surface area contributed by atoms with Crippen molar-refractivity contribution in [1.29, 1.82) is 0 Å². The second kappa shape index (κ2) is 7.75. The minimum Gasteiger partial charge on any atom is -0.446 e. The number of amides is 2. The highest BCUT2D eigenvalue weighted by Gasteiger charge is 2.41. The molecule has 1 aliphatic heterocycles. The molecule has 1 aromatic carbocycles. The van der Waals surface area contributed by atoms with E-state index in [2.05, 4.69) is 4.98 Å². The average molecular weight is 406 g/mol. The van der Waals surface area contributed by atoms with Gasteiger partial charge in [0.25, 0.3) is 5.91 Å². The van der Waals surface area contributed by atoms with E-state index in [1.165, 1.54) is 35.0 Å². The lowest BCUT2D eigenvalue weighted by molar-refractivity contribution is -0.119. The number of aryl methyl sites for hydroxylation is 1. The molecule has 0 unspecified atom stereocenters. The van der Waals surface area contributed by atoms with E-state index in [-0.39, 0.29) is 23.5 Å². The van der Waals surface area contributed by atoms with Crippen LogP contribution in [0.5, 0.6) is 0 Å². The molecule has 3 rings (SSSR count). The van der Waals surface area contributed by atoms with Crippen molar-refractivity contribution in [3.63, 3.8) is 0 Å². The first-order valence-corrected chi connectivity index (χ1v) is 9.24. The summed E-state index contributed by atoms with van der Waals surface area (Å²) in [7, 11) is 1.54. The van der Waals surface area contributed by atoms with Gasteiger partial charge in [-0.05, 0) is 48.7 Å². The Morgan fingerprint density at radius 2 is 2.07 bits per heavy atom. The lowest BCUT2D eigenvalue weighted by atomic mass is 10.0. The third-order valence-corrected chi connectivity index (χ3v) is 4.94. The van der Waals surface area contributed by atoms with E-state index in [0.29, 0.717) is 11.5 Å². The number of halogens is 2. The van der Waals surface area contributed by atoms with Gasteiger partial charge >= 0.3 is 6.09 Å². The van der Waals surface area contributed by atoms with Crippen LogP contribution in [-0.2, 0) is 9.53 Å². The minimum absolute atomic E-state index is 0.0883. The fourth-order valence-electron chi connectivity index (χ4n) is 3.03. The predicted octanol–water partition coefficient (Wildman–Crippen LogP) is 4.29. The molecule has 2 amide bonds. The largest absolute Gasteiger partial charge is 0.446 e. The molecule has 0 aliphatic carbocycles. The van der Waals surface area contributed by atoms with Crippen molar-refractivity contribution >= 4 is 35.1 Å². The van der Waals surface area contributed by atoms with Gasteiger partial charge in [-0.1, -0.05) is 25.4 Å². The second-order valence-electron chi connectivity index (χ2n) is 7.01. The summed E-state index contributed by atoms with van der Waals surface area (Å²) in [6.45, 7) is 5.81. The number of hydrogen-bond acceptors (Lipinski definition) is 4. The van der Waals surface area contributed by atoms with Crippen molar-refractivity contribution < 1.29 is 18.7 Å². The van der Waals surface area contributed by atoms with E-state index in [1.54, 1.807) is 6.07 Å². The number of carbonyl (C=O) groups is 2. The van der Waals surface area contributed by atoms with Crippen LogP contribution in [0.25, 0.3) is 0 Å². The smallest absolute Gasteiger partial charge is 0.416 e. The number of rotatable bonds is 4. The Balaban J connectivity index is 1.93. The molecule has 0 saturated carbocycles. The number of nitrogens with zero attached hydrogens (tertiary/aromatic N) is 3. The molecule has 1 aliphatic rings. The van der Waals surface area contributed by atoms with Gasteiger partial charge in [-0.3, -0.25) is 4.79 Å². The first-order valence-electron chi connectivity index (χ1n) is 8.86. The van der Waals surface area contributed by atoms with Gasteiger partial charge in [-0.2, -0.15) is 0 Å². The zero-order chi connectivity index (χ0) is 20.6. The topological polar surface area (TPSA) is 62.7 Å². The van der Waals surface area contributed by atoms with Crippen LogP contribution in [0.15, 0.2) is 30.3 Å². The van der Waals surface area contributed by atoms with Crippen molar-refractivity contribution in [3.8, 4) is 0 Å². The number of likely N-dealkylation sites (N-methyl/N-ethyl adjacent to an activating group) is 1. The molecule has 6 nitrogen and oxygen atoms in total. The fraction of sp³-hybridized carbons (Fsp3) is 0.350. The summed E-state index contributed by atoms with van der Waals surface area (Å²) in [5, 5.41) is -0.0883. The van der Waals surface area contributed by atoms with E-state index in [4.69, 9.17) is 16.3 Å². The first kappa shape index (κ1) is 20.1. The van der Waals surface area contributed by atoms with Gasteiger partial charge in [0.15, 0.2) is 6.04 Å². The van der Waals surface area contributed by atoms with Crippen molar-refractivity contribution in [2.45, 2.75) is 32.7 Å². The molecule has 1 saturated heterocycles. The van der Waals surface area contributed by atoms with Gasteiger partial charge in [-0.15, -0.1) is 0 Å². The lowest BCUT2D eigenvalue weighted by Gasteiger charge is -2.26. The molecule has 0 bridgehead atoms. The molecule has 0 spiro atoms.